The average Bonchev–Trinajstić information content (AvgIpc) is 2.80. The van der Waals surface area contributed by atoms with Gasteiger partial charge in [0, 0.05) is 5.02 Å². The Kier molecular flexibility index (Phi) is 4.97. The van der Waals surface area contributed by atoms with E-state index < -0.39 is 0 Å². The predicted molar refractivity (Wildman–Crippen MR) is 80.6 cm³/mol. The van der Waals surface area contributed by atoms with Crippen LogP contribution < -0.4 is 5.32 Å². The fraction of sp³-hybridized carbons (Fsp3) is 0.333. The van der Waals surface area contributed by atoms with Crippen molar-refractivity contribution in [1.82, 2.24) is 5.32 Å². The number of hydrogen-bond acceptors (Lipinski definition) is 2. The van der Waals surface area contributed by atoms with Crippen LogP contribution in [-0.4, -0.2) is 6.54 Å². The lowest BCUT2D eigenvalue weighted by Gasteiger charge is -2.20. The van der Waals surface area contributed by atoms with Crippen LogP contribution in [0, 0.1) is 12.7 Å². The zero-order valence-electron chi connectivity index (χ0n) is 11.0. The van der Waals surface area contributed by atoms with Crippen molar-refractivity contribution in [3.05, 3.63) is 56.5 Å². The summed E-state index contributed by atoms with van der Waals surface area (Å²) in [5.41, 5.74) is 3.18. The van der Waals surface area contributed by atoms with Gasteiger partial charge in [-0.15, -0.1) is 0 Å². The first kappa shape index (κ1) is 14.5. The third kappa shape index (κ3) is 3.35. The molecule has 2 aromatic rings. The van der Waals surface area contributed by atoms with E-state index in [2.05, 4.69) is 29.9 Å². The number of halogens is 2. The minimum Gasteiger partial charge on any atom is -0.306 e. The highest BCUT2D eigenvalue weighted by molar-refractivity contribution is 7.08. The van der Waals surface area contributed by atoms with Gasteiger partial charge in [-0.05, 0) is 65.5 Å². The quantitative estimate of drug-likeness (QED) is 0.824. The lowest BCUT2D eigenvalue weighted by molar-refractivity contribution is 0.585. The monoisotopic (exact) mass is 297 g/mol. The summed E-state index contributed by atoms with van der Waals surface area (Å²) in [6.45, 7) is 5.05. The summed E-state index contributed by atoms with van der Waals surface area (Å²) in [4.78, 5) is 0. The molecule has 0 amide bonds. The van der Waals surface area contributed by atoms with Crippen LogP contribution in [0.5, 0.6) is 0 Å². The second-order valence-electron chi connectivity index (χ2n) is 4.56. The van der Waals surface area contributed by atoms with Crippen LogP contribution >= 0.6 is 22.9 Å². The summed E-state index contributed by atoms with van der Waals surface area (Å²) in [7, 11) is 0. The minimum absolute atomic E-state index is 0.0469. The standard InChI is InChI=1S/C15H17ClFNS/c1-3-6-18-15(13-9-19-8-10(13)2)12-7-11(17)4-5-14(12)16/h4-5,7-9,15,18H,3,6H2,1-2H3. The van der Waals surface area contributed by atoms with Gasteiger partial charge in [0.05, 0.1) is 6.04 Å². The number of aryl methyl sites for hydroxylation is 1. The molecule has 0 spiro atoms. The zero-order valence-corrected chi connectivity index (χ0v) is 12.6. The van der Waals surface area contributed by atoms with Crippen molar-refractivity contribution in [2.45, 2.75) is 26.3 Å². The average molecular weight is 298 g/mol. The van der Waals surface area contributed by atoms with Crippen molar-refractivity contribution in [2.24, 2.45) is 0 Å². The topological polar surface area (TPSA) is 12.0 Å². The van der Waals surface area contributed by atoms with Crippen LogP contribution in [0.1, 0.15) is 36.1 Å². The molecule has 0 bridgehead atoms. The fourth-order valence-corrected chi connectivity index (χ4v) is 3.18. The molecule has 0 radical (unpaired) electrons. The molecule has 1 aromatic carbocycles. The zero-order chi connectivity index (χ0) is 13.8. The largest absolute Gasteiger partial charge is 0.306 e. The Labute approximate surface area is 122 Å². The lowest BCUT2D eigenvalue weighted by Crippen LogP contribution is -2.23. The van der Waals surface area contributed by atoms with E-state index >= 15 is 0 Å². The molecule has 0 aliphatic heterocycles. The van der Waals surface area contributed by atoms with Crippen molar-refractivity contribution in [3.63, 3.8) is 0 Å². The number of rotatable bonds is 5. The Morgan fingerprint density at radius 1 is 1.32 bits per heavy atom. The van der Waals surface area contributed by atoms with Crippen molar-refractivity contribution < 1.29 is 4.39 Å². The molecular weight excluding hydrogens is 281 g/mol. The number of nitrogens with one attached hydrogen (secondary N) is 1. The van der Waals surface area contributed by atoms with Gasteiger partial charge < -0.3 is 5.32 Å². The maximum absolute atomic E-state index is 13.5. The first-order valence-corrected chi connectivity index (χ1v) is 7.66. The molecule has 0 aliphatic rings. The van der Waals surface area contributed by atoms with Gasteiger partial charge in [-0.1, -0.05) is 18.5 Å². The summed E-state index contributed by atoms with van der Waals surface area (Å²) in [5.74, 6) is -0.254. The van der Waals surface area contributed by atoms with E-state index in [1.54, 1.807) is 17.4 Å². The van der Waals surface area contributed by atoms with Crippen molar-refractivity contribution in [1.29, 1.82) is 0 Å². The van der Waals surface area contributed by atoms with Gasteiger partial charge in [-0.2, -0.15) is 11.3 Å². The number of thiophene rings is 1. The second-order valence-corrected chi connectivity index (χ2v) is 5.71. The van der Waals surface area contributed by atoms with Crippen molar-refractivity contribution in [3.8, 4) is 0 Å². The minimum atomic E-state index is -0.254. The molecule has 19 heavy (non-hydrogen) atoms. The van der Waals surface area contributed by atoms with E-state index in [4.69, 9.17) is 11.6 Å². The van der Waals surface area contributed by atoms with E-state index in [9.17, 15) is 4.39 Å². The van der Waals surface area contributed by atoms with Gasteiger partial charge in [0.25, 0.3) is 0 Å². The Morgan fingerprint density at radius 3 is 2.74 bits per heavy atom. The molecule has 102 valence electrons. The fourth-order valence-electron chi connectivity index (χ4n) is 2.08. The van der Waals surface area contributed by atoms with Gasteiger partial charge in [0.1, 0.15) is 5.82 Å². The van der Waals surface area contributed by atoms with E-state index in [-0.39, 0.29) is 11.9 Å². The summed E-state index contributed by atoms with van der Waals surface area (Å²) in [6.07, 6.45) is 1.02. The van der Waals surface area contributed by atoms with E-state index in [1.165, 1.54) is 23.3 Å². The molecular formula is C15H17ClFNS. The van der Waals surface area contributed by atoms with Crippen LogP contribution in [0.4, 0.5) is 4.39 Å². The van der Waals surface area contributed by atoms with Gasteiger partial charge in [-0.3, -0.25) is 0 Å². The third-order valence-corrected chi connectivity index (χ3v) is 4.30. The summed E-state index contributed by atoms with van der Waals surface area (Å²) < 4.78 is 13.5. The number of hydrogen-bond donors (Lipinski definition) is 1. The van der Waals surface area contributed by atoms with Gasteiger partial charge >= 0.3 is 0 Å². The molecule has 1 nitrogen and oxygen atoms in total. The summed E-state index contributed by atoms with van der Waals surface area (Å²) in [5, 5.41) is 8.25. The molecule has 1 unspecified atom stereocenters. The molecule has 0 fully saturated rings. The molecule has 1 aromatic heterocycles. The highest BCUT2D eigenvalue weighted by Crippen LogP contribution is 2.32. The van der Waals surface area contributed by atoms with Gasteiger partial charge in [0.15, 0.2) is 0 Å². The smallest absolute Gasteiger partial charge is 0.123 e. The molecule has 0 saturated carbocycles. The molecule has 0 aliphatic carbocycles. The van der Waals surface area contributed by atoms with Crippen LogP contribution in [0.2, 0.25) is 5.02 Å². The van der Waals surface area contributed by atoms with Crippen molar-refractivity contribution in [2.75, 3.05) is 6.54 Å². The number of benzene rings is 1. The van der Waals surface area contributed by atoms with Gasteiger partial charge in [0.2, 0.25) is 0 Å². The third-order valence-electron chi connectivity index (χ3n) is 3.07. The van der Waals surface area contributed by atoms with E-state index in [0.29, 0.717) is 5.02 Å². The Morgan fingerprint density at radius 2 is 2.11 bits per heavy atom. The van der Waals surface area contributed by atoms with Gasteiger partial charge in [-0.25, -0.2) is 4.39 Å². The normalized spacial score (nSPS) is 12.6. The maximum atomic E-state index is 13.5. The molecule has 1 heterocycles. The first-order chi connectivity index (χ1) is 9.13. The SMILES string of the molecule is CCCNC(c1cscc1C)c1cc(F)ccc1Cl. The second kappa shape index (κ2) is 6.51. The molecule has 1 N–H and O–H groups in total. The van der Waals surface area contributed by atoms with Crippen LogP contribution in [0.3, 0.4) is 0 Å². The molecule has 4 heteroatoms. The Bertz CT molecular complexity index is 553. The Hall–Kier alpha value is -0.900. The highest BCUT2D eigenvalue weighted by atomic mass is 35.5. The predicted octanol–water partition coefficient (Wildman–Crippen LogP) is 4.94. The van der Waals surface area contributed by atoms with Crippen LogP contribution in [-0.2, 0) is 0 Å². The van der Waals surface area contributed by atoms with Crippen molar-refractivity contribution >= 4 is 22.9 Å². The summed E-state index contributed by atoms with van der Waals surface area (Å²) in [6, 6.07) is 4.49. The van der Waals surface area contributed by atoms with E-state index in [0.717, 1.165) is 18.5 Å². The highest BCUT2D eigenvalue weighted by Gasteiger charge is 2.19. The van der Waals surface area contributed by atoms with E-state index in [1.807, 2.05) is 0 Å². The Balaban J connectivity index is 2.42. The lowest BCUT2D eigenvalue weighted by atomic mass is 9.98. The maximum Gasteiger partial charge on any atom is 0.123 e. The molecule has 0 saturated heterocycles. The summed E-state index contributed by atoms with van der Waals surface area (Å²) >= 11 is 7.89. The first-order valence-electron chi connectivity index (χ1n) is 6.34. The molecule has 1 atom stereocenters. The van der Waals surface area contributed by atoms with Crippen LogP contribution in [0.15, 0.2) is 29.0 Å². The molecule has 2 rings (SSSR count). The van der Waals surface area contributed by atoms with Crippen LogP contribution in [0.25, 0.3) is 0 Å².